The molecule has 0 aliphatic carbocycles. The zero-order chi connectivity index (χ0) is 9.52. The molecule has 1 aliphatic heterocycles. The second kappa shape index (κ2) is 6.32. The molecule has 0 aromatic rings. The first kappa shape index (κ1) is 10.9. The van der Waals surface area contributed by atoms with Gasteiger partial charge in [0.15, 0.2) is 6.23 Å². The average Bonchev–Trinajstić information content (AvgIpc) is 2.19. The van der Waals surface area contributed by atoms with Crippen LogP contribution in [0.2, 0.25) is 0 Å². The minimum absolute atomic E-state index is 0.0198. The monoisotopic (exact) mass is 189 g/mol. The van der Waals surface area contributed by atoms with Crippen LogP contribution in [0.5, 0.6) is 0 Å². The van der Waals surface area contributed by atoms with Crippen LogP contribution in [-0.2, 0) is 14.4 Å². The maximum Gasteiger partial charge on any atom is 0.160 e. The normalized spacial score (nSPS) is 23.8. The fourth-order valence-corrected chi connectivity index (χ4v) is 1.35. The molecular weight excluding hydrogens is 170 g/mol. The van der Waals surface area contributed by atoms with Gasteiger partial charge in [0.05, 0.1) is 13.2 Å². The minimum Gasteiger partial charge on any atom is -0.358 e. The minimum atomic E-state index is -0.0198. The van der Waals surface area contributed by atoms with Crippen LogP contribution in [0.25, 0.3) is 0 Å². The lowest BCUT2D eigenvalue weighted by Crippen LogP contribution is -2.39. The quantitative estimate of drug-likeness (QED) is 0.616. The van der Waals surface area contributed by atoms with Crippen LogP contribution in [0, 0.1) is 0 Å². The smallest absolute Gasteiger partial charge is 0.160 e. The zero-order valence-corrected chi connectivity index (χ0v) is 8.49. The molecule has 1 rings (SSSR count). The highest BCUT2D eigenvalue weighted by Gasteiger charge is 2.22. The molecule has 0 aromatic carbocycles. The van der Waals surface area contributed by atoms with Crippen LogP contribution in [0.15, 0.2) is 0 Å². The van der Waals surface area contributed by atoms with Gasteiger partial charge in [0.1, 0.15) is 0 Å². The molecule has 0 spiro atoms. The molecule has 4 nitrogen and oxygen atoms in total. The highest BCUT2D eigenvalue weighted by molar-refractivity contribution is 4.56. The van der Waals surface area contributed by atoms with Gasteiger partial charge in [-0.1, -0.05) is 0 Å². The van der Waals surface area contributed by atoms with Gasteiger partial charge < -0.3 is 4.74 Å². The zero-order valence-electron chi connectivity index (χ0n) is 8.49. The fraction of sp³-hybridized carbons (Fsp3) is 1.00. The van der Waals surface area contributed by atoms with Crippen molar-refractivity contribution in [2.75, 3.05) is 19.8 Å². The molecule has 78 valence electrons. The molecule has 1 fully saturated rings. The average molecular weight is 189 g/mol. The summed E-state index contributed by atoms with van der Waals surface area (Å²) in [6.07, 6.45) is 3.29. The van der Waals surface area contributed by atoms with E-state index in [0.717, 1.165) is 19.4 Å². The summed E-state index contributed by atoms with van der Waals surface area (Å²) in [5.74, 6) is 0. The molecule has 1 aliphatic rings. The van der Waals surface area contributed by atoms with Gasteiger partial charge in [-0.15, -0.1) is 0 Å². The van der Waals surface area contributed by atoms with Crippen molar-refractivity contribution >= 4 is 0 Å². The SMILES string of the molecule is CCON(OCC)C1CCCCO1. The second-order valence-electron chi connectivity index (χ2n) is 2.94. The molecule has 13 heavy (non-hydrogen) atoms. The Balaban J connectivity index is 2.32. The summed E-state index contributed by atoms with van der Waals surface area (Å²) < 4.78 is 5.52. The largest absolute Gasteiger partial charge is 0.358 e. The topological polar surface area (TPSA) is 30.9 Å². The van der Waals surface area contributed by atoms with Gasteiger partial charge in [-0.05, 0) is 38.3 Å². The molecule has 4 heteroatoms. The first-order valence-electron chi connectivity index (χ1n) is 5.05. The van der Waals surface area contributed by atoms with Crippen LogP contribution in [-0.4, -0.2) is 31.3 Å². The molecule has 0 aromatic heterocycles. The lowest BCUT2D eigenvalue weighted by Gasteiger charge is -2.31. The van der Waals surface area contributed by atoms with Crippen molar-refractivity contribution in [2.45, 2.75) is 39.3 Å². The molecular formula is C9H19NO3. The van der Waals surface area contributed by atoms with E-state index in [1.54, 1.807) is 0 Å². The molecule has 0 N–H and O–H groups in total. The van der Waals surface area contributed by atoms with Gasteiger partial charge in [0, 0.05) is 6.61 Å². The number of rotatable bonds is 5. The highest BCUT2D eigenvalue weighted by atomic mass is 17.0. The first-order valence-corrected chi connectivity index (χ1v) is 5.05. The summed E-state index contributed by atoms with van der Waals surface area (Å²) in [4.78, 5) is 10.6. The van der Waals surface area contributed by atoms with Crippen molar-refractivity contribution < 1.29 is 14.4 Å². The lowest BCUT2D eigenvalue weighted by atomic mass is 10.2. The maximum atomic E-state index is 5.52. The van der Waals surface area contributed by atoms with Crippen molar-refractivity contribution in [3.05, 3.63) is 0 Å². The fourth-order valence-electron chi connectivity index (χ4n) is 1.35. The Morgan fingerprint density at radius 3 is 2.38 bits per heavy atom. The molecule has 0 bridgehead atoms. The molecule has 1 heterocycles. The number of hydrogen-bond donors (Lipinski definition) is 0. The first-order chi connectivity index (χ1) is 6.38. The molecule has 1 saturated heterocycles. The molecule has 0 amide bonds. The van der Waals surface area contributed by atoms with Gasteiger partial charge in [-0.2, -0.15) is 0 Å². The third-order valence-corrected chi connectivity index (χ3v) is 1.90. The number of nitrogens with zero attached hydrogens (tertiary/aromatic N) is 1. The summed E-state index contributed by atoms with van der Waals surface area (Å²) in [7, 11) is 0. The Morgan fingerprint density at radius 2 is 1.92 bits per heavy atom. The predicted octanol–water partition coefficient (Wildman–Crippen LogP) is 1.72. The molecule has 0 radical (unpaired) electrons. The van der Waals surface area contributed by atoms with Gasteiger partial charge in [-0.25, -0.2) is 0 Å². The van der Waals surface area contributed by atoms with Crippen molar-refractivity contribution in [1.82, 2.24) is 5.23 Å². The third-order valence-electron chi connectivity index (χ3n) is 1.90. The summed E-state index contributed by atoms with van der Waals surface area (Å²) in [6, 6.07) is 0. The molecule has 1 atom stereocenters. The Kier molecular flexibility index (Phi) is 5.31. The van der Waals surface area contributed by atoms with Crippen LogP contribution < -0.4 is 0 Å². The van der Waals surface area contributed by atoms with E-state index in [9.17, 15) is 0 Å². The van der Waals surface area contributed by atoms with Gasteiger partial charge >= 0.3 is 0 Å². The van der Waals surface area contributed by atoms with Gasteiger partial charge in [0.2, 0.25) is 0 Å². The van der Waals surface area contributed by atoms with E-state index in [-0.39, 0.29) is 6.23 Å². The van der Waals surface area contributed by atoms with Crippen molar-refractivity contribution in [3.63, 3.8) is 0 Å². The van der Waals surface area contributed by atoms with Crippen LogP contribution in [0.4, 0.5) is 0 Å². The predicted molar refractivity (Wildman–Crippen MR) is 48.7 cm³/mol. The third kappa shape index (κ3) is 3.60. The van der Waals surface area contributed by atoms with E-state index >= 15 is 0 Å². The number of hydrogen-bond acceptors (Lipinski definition) is 4. The van der Waals surface area contributed by atoms with Gasteiger partial charge in [-0.3, -0.25) is 9.68 Å². The van der Waals surface area contributed by atoms with Crippen molar-refractivity contribution in [2.24, 2.45) is 0 Å². The summed E-state index contributed by atoms with van der Waals surface area (Å²) in [5.41, 5.74) is 0. The van der Waals surface area contributed by atoms with Gasteiger partial charge in [0.25, 0.3) is 0 Å². The summed E-state index contributed by atoms with van der Waals surface area (Å²) >= 11 is 0. The molecule has 1 unspecified atom stereocenters. The van der Waals surface area contributed by atoms with E-state index in [0.29, 0.717) is 13.2 Å². The van der Waals surface area contributed by atoms with E-state index in [1.165, 1.54) is 11.6 Å². The Morgan fingerprint density at radius 1 is 1.23 bits per heavy atom. The van der Waals surface area contributed by atoms with E-state index in [2.05, 4.69) is 0 Å². The van der Waals surface area contributed by atoms with Crippen molar-refractivity contribution in [3.8, 4) is 0 Å². The van der Waals surface area contributed by atoms with E-state index in [1.807, 2.05) is 13.8 Å². The van der Waals surface area contributed by atoms with Crippen molar-refractivity contribution in [1.29, 1.82) is 0 Å². The Hall–Kier alpha value is -0.160. The number of ether oxygens (including phenoxy) is 1. The maximum absolute atomic E-state index is 5.52. The Labute approximate surface area is 79.7 Å². The second-order valence-corrected chi connectivity index (χ2v) is 2.94. The lowest BCUT2D eigenvalue weighted by molar-refractivity contribution is -0.424. The Bertz CT molecular complexity index is 120. The standard InChI is InChI=1S/C9H19NO3/c1-3-12-10(13-4-2)9-7-5-6-8-11-9/h9H,3-8H2,1-2H3. The molecule has 0 saturated carbocycles. The highest BCUT2D eigenvalue weighted by Crippen LogP contribution is 2.17. The summed E-state index contributed by atoms with van der Waals surface area (Å²) in [5, 5.41) is 1.50. The van der Waals surface area contributed by atoms with E-state index < -0.39 is 0 Å². The van der Waals surface area contributed by atoms with Crippen LogP contribution in [0.1, 0.15) is 33.1 Å². The summed E-state index contributed by atoms with van der Waals surface area (Å²) in [6.45, 7) is 5.91. The van der Waals surface area contributed by atoms with Crippen LogP contribution in [0.3, 0.4) is 0 Å². The number of hydroxylamine groups is 2. The van der Waals surface area contributed by atoms with Crippen LogP contribution >= 0.6 is 0 Å². The van der Waals surface area contributed by atoms with E-state index in [4.69, 9.17) is 14.4 Å².